The first-order chi connectivity index (χ1) is 15.8. The van der Waals surface area contributed by atoms with Crippen molar-refractivity contribution in [2.24, 2.45) is 0 Å². The maximum Gasteiger partial charge on any atom is 0.387 e. The number of rotatable bonds is 7. The number of ether oxygens (including phenoxy) is 2. The number of hydrogen-bond acceptors (Lipinski definition) is 5. The number of aliphatic hydroxyl groups is 1. The Hall–Kier alpha value is -3.27. The number of carbonyl (C=O) groups is 1. The summed E-state index contributed by atoms with van der Waals surface area (Å²) in [4.78, 5) is 12.7. The Kier molecular flexibility index (Phi) is 5.19. The van der Waals surface area contributed by atoms with Crippen LogP contribution in [0.4, 0.5) is 13.2 Å². The first-order valence-corrected chi connectivity index (χ1v) is 10.6. The molecule has 2 N–H and O–H groups in total. The zero-order valence-electron chi connectivity index (χ0n) is 17.7. The number of alkyl halides is 3. The van der Waals surface area contributed by atoms with Gasteiger partial charge in [-0.2, -0.15) is 13.9 Å². The Morgan fingerprint density at radius 3 is 2.64 bits per heavy atom. The third kappa shape index (κ3) is 3.88. The Labute approximate surface area is 187 Å². The molecule has 3 aromatic rings. The van der Waals surface area contributed by atoms with Gasteiger partial charge in [0.25, 0.3) is 5.91 Å². The molecule has 2 aliphatic carbocycles. The summed E-state index contributed by atoms with van der Waals surface area (Å²) in [5.41, 5.74) is 1.38. The quantitative estimate of drug-likeness (QED) is 0.559. The molecule has 1 aromatic carbocycles. The highest BCUT2D eigenvalue weighted by Crippen LogP contribution is 2.42. The summed E-state index contributed by atoms with van der Waals surface area (Å²) in [5.74, 6) is -1.12. The molecule has 2 heterocycles. The van der Waals surface area contributed by atoms with Gasteiger partial charge in [0.05, 0.1) is 30.5 Å². The first-order valence-electron chi connectivity index (χ1n) is 10.6. The molecule has 2 aliphatic rings. The van der Waals surface area contributed by atoms with Crippen LogP contribution in [0, 0.1) is 0 Å². The molecular formula is C23H22F3N3O4. The number of benzene rings is 1. The van der Waals surface area contributed by atoms with Crippen LogP contribution in [0.5, 0.6) is 11.5 Å². The summed E-state index contributed by atoms with van der Waals surface area (Å²) in [6, 6.07) is 5.80. The van der Waals surface area contributed by atoms with Gasteiger partial charge in [-0.3, -0.25) is 4.79 Å². The minimum atomic E-state index is -3.18. The highest BCUT2D eigenvalue weighted by molar-refractivity contribution is 6.01. The van der Waals surface area contributed by atoms with Crippen molar-refractivity contribution in [3.05, 3.63) is 47.8 Å². The molecule has 0 spiro atoms. The number of methoxy groups -OCH3 is 1. The number of nitrogens with one attached hydrogen (secondary N) is 1. The molecule has 174 valence electrons. The average molecular weight is 461 g/mol. The van der Waals surface area contributed by atoms with Gasteiger partial charge in [-0.05, 0) is 43.0 Å². The zero-order valence-corrected chi connectivity index (χ0v) is 17.7. The van der Waals surface area contributed by atoms with Crippen LogP contribution in [0.3, 0.4) is 0 Å². The largest absolute Gasteiger partial charge is 0.496 e. The van der Waals surface area contributed by atoms with E-state index in [9.17, 15) is 23.1 Å². The highest BCUT2D eigenvalue weighted by Gasteiger charge is 2.40. The van der Waals surface area contributed by atoms with E-state index in [-0.39, 0.29) is 23.5 Å². The van der Waals surface area contributed by atoms with E-state index in [1.165, 1.54) is 19.2 Å². The fraction of sp³-hybridized carbons (Fsp3) is 0.391. The molecule has 5 rings (SSSR count). The smallest absolute Gasteiger partial charge is 0.387 e. The average Bonchev–Trinajstić information content (AvgIpc) is 3.28. The van der Waals surface area contributed by atoms with Gasteiger partial charge in [0.15, 0.2) is 0 Å². The second-order valence-corrected chi connectivity index (χ2v) is 8.45. The lowest BCUT2D eigenvalue weighted by Gasteiger charge is -2.36. The lowest BCUT2D eigenvalue weighted by molar-refractivity contribution is -0.0502. The van der Waals surface area contributed by atoms with Gasteiger partial charge in [-0.1, -0.05) is 6.07 Å². The number of fused-ring (bicyclic) bond motifs is 1. The van der Waals surface area contributed by atoms with Crippen LogP contribution in [0.15, 0.2) is 36.7 Å². The summed E-state index contributed by atoms with van der Waals surface area (Å²) in [5, 5.41) is 17.4. The summed E-state index contributed by atoms with van der Waals surface area (Å²) in [7, 11) is 1.30. The van der Waals surface area contributed by atoms with Crippen molar-refractivity contribution in [3.63, 3.8) is 0 Å². The van der Waals surface area contributed by atoms with Gasteiger partial charge in [0.1, 0.15) is 23.2 Å². The van der Waals surface area contributed by atoms with Crippen molar-refractivity contribution in [2.45, 2.75) is 50.1 Å². The third-order valence-electron chi connectivity index (χ3n) is 6.30. The second-order valence-electron chi connectivity index (χ2n) is 8.45. The third-order valence-corrected chi connectivity index (χ3v) is 6.30. The summed E-state index contributed by atoms with van der Waals surface area (Å²) in [6.45, 7) is -3.18. The maximum absolute atomic E-state index is 13.2. The number of pyridine rings is 1. The number of carbonyl (C=O) groups excluding carboxylic acids is 1. The van der Waals surface area contributed by atoms with Crippen LogP contribution in [-0.4, -0.2) is 46.6 Å². The molecule has 33 heavy (non-hydrogen) atoms. The highest BCUT2D eigenvalue weighted by atomic mass is 19.3. The molecule has 2 saturated carbocycles. The number of hydrogen-bond donors (Lipinski definition) is 2. The van der Waals surface area contributed by atoms with E-state index in [1.807, 2.05) is 6.07 Å². The Morgan fingerprint density at radius 1 is 1.30 bits per heavy atom. The van der Waals surface area contributed by atoms with E-state index < -0.39 is 30.3 Å². The molecule has 1 amide bonds. The van der Waals surface area contributed by atoms with Gasteiger partial charge in [-0.25, -0.2) is 8.91 Å². The zero-order chi connectivity index (χ0) is 23.3. The van der Waals surface area contributed by atoms with Gasteiger partial charge in [0, 0.05) is 23.7 Å². The fourth-order valence-corrected chi connectivity index (χ4v) is 4.16. The summed E-state index contributed by atoms with van der Waals surface area (Å²) >= 11 is 0. The Balaban J connectivity index is 1.56. The van der Waals surface area contributed by atoms with Crippen LogP contribution >= 0.6 is 0 Å². The van der Waals surface area contributed by atoms with E-state index in [2.05, 4.69) is 15.2 Å². The van der Waals surface area contributed by atoms with Gasteiger partial charge < -0.3 is 19.9 Å². The molecule has 0 bridgehead atoms. The standard InChI is InChI=1S/C23H22F3N3O4/c1-32-18-7-12(8-19(33-22(25)26)20(18)21(30)28-16-9-15(16)24)14-10-27-29-11-13(3-4-17(14)29)23(31)5-2-6-23/h3-4,7-8,10-11,15-16,22,31H,2,5-6,9H2,1H3,(H,28,30). The first kappa shape index (κ1) is 21.6. The Bertz CT molecular complexity index is 1230. The molecule has 2 fully saturated rings. The number of aromatic nitrogens is 2. The predicted molar refractivity (Wildman–Crippen MR) is 112 cm³/mol. The molecule has 2 unspecified atom stereocenters. The van der Waals surface area contributed by atoms with E-state index in [4.69, 9.17) is 4.74 Å². The SMILES string of the molecule is COc1cc(-c2cnn3cc(C4(O)CCC4)ccc23)cc(OC(F)F)c1C(=O)NC1CC1F. The minimum absolute atomic E-state index is 0.0106. The molecular weight excluding hydrogens is 439 g/mol. The van der Waals surface area contributed by atoms with E-state index in [0.29, 0.717) is 29.5 Å². The monoisotopic (exact) mass is 461 g/mol. The van der Waals surface area contributed by atoms with Crippen molar-refractivity contribution in [3.8, 4) is 22.6 Å². The van der Waals surface area contributed by atoms with Crippen molar-refractivity contribution in [1.29, 1.82) is 0 Å². The van der Waals surface area contributed by atoms with E-state index in [0.717, 1.165) is 12.0 Å². The van der Waals surface area contributed by atoms with Crippen molar-refractivity contribution in [1.82, 2.24) is 14.9 Å². The van der Waals surface area contributed by atoms with Crippen LogP contribution in [-0.2, 0) is 5.60 Å². The minimum Gasteiger partial charge on any atom is -0.496 e. The van der Waals surface area contributed by atoms with Crippen LogP contribution in [0.25, 0.3) is 16.6 Å². The molecule has 2 aromatic heterocycles. The lowest BCUT2D eigenvalue weighted by Crippen LogP contribution is -2.33. The van der Waals surface area contributed by atoms with Gasteiger partial charge in [0.2, 0.25) is 0 Å². The molecule has 2 atom stereocenters. The second kappa shape index (κ2) is 7.95. The van der Waals surface area contributed by atoms with E-state index in [1.54, 1.807) is 23.0 Å². The molecule has 7 nitrogen and oxygen atoms in total. The van der Waals surface area contributed by atoms with Crippen LogP contribution < -0.4 is 14.8 Å². The van der Waals surface area contributed by atoms with Crippen LogP contribution in [0.2, 0.25) is 0 Å². The maximum atomic E-state index is 13.2. The summed E-state index contributed by atoms with van der Waals surface area (Å²) in [6.07, 6.45) is 4.66. The van der Waals surface area contributed by atoms with Crippen molar-refractivity contribution >= 4 is 11.4 Å². The summed E-state index contributed by atoms with van der Waals surface area (Å²) < 4.78 is 51.1. The predicted octanol–water partition coefficient (Wildman–Crippen LogP) is 3.82. The number of halogens is 3. The fourth-order valence-electron chi connectivity index (χ4n) is 4.16. The molecule has 0 saturated heterocycles. The van der Waals surface area contributed by atoms with Crippen LogP contribution in [0.1, 0.15) is 41.6 Å². The number of nitrogens with zero attached hydrogens (tertiary/aromatic N) is 2. The van der Waals surface area contributed by atoms with E-state index >= 15 is 0 Å². The topological polar surface area (TPSA) is 85.1 Å². The van der Waals surface area contributed by atoms with Gasteiger partial charge >= 0.3 is 6.61 Å². The lowest BCUT2D eigenvalue weighted by atomic mass is 9.76. The molecule has 0 radical (unpaired) electrons. The van der Waals surface area contributed by atoms with Gasteiger partial charge in [-0.15, -0.1) is 0 Å². The normalized spacial score (nSPS) is 21.0. The van der Waals surface area contributed by atoms with Crippen molar-refractivity contribution < 1.29 is 32.5 Å². The Morgan fingerprint density at radius 2 is 2.03 bits per heavy atom. The molecule has 0 aliphatic heterocycles. The van der Waals surface area contributed by atoms with Crippen molar-refractivity contribution in [2.75, 3.05) is 7.11 Å². The molecule has 10 heteroatoms. The number of amides is 1.